The highest BCUT2D eigenvalue weighted by molar-refractivity contribution is 5.95. The maximum absolute atomic E-state index is 14.2. The number of ether oxygens (including phenoxy) is 1. The van der Waals surface area contributed by atoms with Gasteiger partial charge in [-0.15, -0.1) is 0 Å². The molecule has 276 valence electrons. The Morgan fingerprint density at radius 3 is 2.44 bits per heavy atom. The first-order valence-electron chi connectivity index (χ1n) is 17.8. The minimum absolute atomic E-state index is 0.0776. The molecule has 0 unspecified atom stereocenters. The number of hydrogen-bond donors (Lipinski definition) is 4. The SMILES string of the molecule is CC(C)c1ocnc1C(=O)N1C[C@@H]2NC(=O)[C@H](Cc3ccccc3)NC(=O)CN(CC3CC3)C(=O)[C@H]([C@@H](C)O)NC(=O)COc3cccc(c3)[C@H]2C1. The Hall–Kier alpha value is -5.24. The molecule has 14 nitrogen and oxygen atoms in total. The number of benzene rings is 2. The lowest BCUT2D eigenvalue weighted by Gasteiger charge is -2.30. The van der Waals surface area contributed by atoms with Gasteiger partial charge in [0.1, 0.15) is 23.6 Å². The maximum atomic E-state index is 14.2. The lowest BCUT2D eigenvalue weighted by molar-refractivity contribution is -0.143. The number of nitrogens with zero attached hydrogens (tertiary/aromatic N) is 3. The smallest absolute Gasteiger partial charge is 0.276 e. The van der Waals surface area contributed by atoms with E-state index in [-0.39, 0.29) is 56.0 Å². The fourth-order valence-electron chi connectivity index (χ4n) is 6.81. The molecule has 2 aromatic carbocycles. The van der Waals surface area contributed by atoms with Crippen molar-refractivity contribution in [3.8, 4) is 5.75 Å². The molecule has 2 aliphatic heterocycles. The Bertz CT molecular complexity index is 1770. The van der Waals surface area contributed by atoms with Gasteiger partial charge in [-0.05, 0) is 48.9 Å². The number of nitrogens with one attached hydrogen (secondary N) is 3. The fraction of sp³-hybridized carbons (Fsp3) is 0.474. The number of hydrogen-bond acceptors (Lipinski definition) is 9. The largest absolute Gasteiger partial charge is 0.484 e. The van der Waals surface area contributed by atoms with Gasteiger partial charge in [0.15, 0.2) is 18.7 Å². The van der Waals surface area contributed by atoms with Crippen LogP contribution in [0.4, 0.5) is 0 Å². The van der Waals surface area contributed by atoms with Gasteiger partial charge in [0.05, 0.1) is 18.7 Å². The highest BCUT2D eigenvalue weighted by Crippen LogP contribution is 2.32. The number of aliphatic hydroxyl groups excluding tert-OH is 1. The van der Waals surface area contributed by atoms with Crippen molar-refractivity contribution in [2.24, 2.45) is 5.92 Å². The van der Waals surface area contributed by atoms with Crippen molar-refractivity contribution in [1.82, 2.24) is 30.7 Å². The third-order valence-electron chi connectivity index (χ3n) is 9.73. The molecule has 1 saturated carbocycles. The standard InChI is InChI=1S/C38H46N6O8/c1-22(2)35-34(39-21-52-35)38(50)44-17-28-26-10-7-11-27(15-26)51-20-32(47)42-33(23(3)45)37(49)43(16-25-12-13-25)19-31(46)40-29(36(48)41-30(28)18-44)14-24-8-5-4-6-9-24/h4-11,15,21-23,25,28-30,33,45H,12-14,16-20H2,1-3H3,(H,40,46)(H,41,48)(H,42,47)/t23-,28-,29+,30+,33+/m1/s1. The van der Waals surface area contributed by atoms with Crippen LogP contribution < -0.4 is 20.7 Å². The molecule has 1 saturated heterocycles. The average Bonchev–Trinajstić information content (AvgIpc) is 3.61. The molecule has 3 aromatic rings. The van der Waals surface area contributed by atoms with E-state index < -0.39 is 60.4 Å². The maximum Gasteiger partial charge on any atom is 0.276 e. The van der Waals surface area contributed by atoms with E-state index in [1.165, 1.54) is 18.2 Å². The van der Waals surface area contributed by atoms with Crippen molar-refractivity contribution in [2.75, 3.05) is 32.8 Å². The van der Waals surface area contributed by atoms with Gasteiger partial charge in [0.25, 0.3) is 11.8 Å². The first-order chi connectivity index (χ1) is 25.0. The molecule has 3 aliphatic rings. The van der Waals surface area contributed by atoms with Crippen molar-refractivity contribution >= 4 is 29.5 Å². The Labute approximate surface area is 302 Å². The molecule has 14 heteroatoms. The molecular weight excluding hydrogens is 668 g/mol. The highest BCUT2D eigenvalue weighted by Gasteiger charge is 2.41. The van der Waals surface area contributed by atoms with Gasteiger partial charge in [0, 0.05) is 37.9 Å². The normalized spacial score (nSPS) is 23.9. The predicted octanol–water partition coefficient (Wildman–Crippen LogP) is 1.75. The third kappa shape index (κ3) is 8.79. The molecule has 0 radical (unpaired) electrons. The van der Waals surface area contributed by atoms with E-state index in [0.29, 0.717) is 11.5 Å². The molecule has 5 atom stereocenters. The predicted molar refractivity (Wildman–Crippen MR) is 188 cm³/mol. The van der Waals surface area contributed by atoms with Crippen LogP contribution in [0, 0.1) is 5.92 Å². The van der Waals surface area contributed by atoms with Crippen molar-refractivity contribution in [1.29, 1.82) is 0 Å². The average molecular weight is 715 g/mol. The Balaban J connectivity index is 1.34. The minimum Gasteiger partial charge on any atom is -0.484 e. The summed E-state index contributed by atoms with van der Waals surface area (Å²) in [5, 5.41) is 19.1. The summed E-state index contributed by atoms with van der Waals surface area (Å²) in [5.41, 5.74) is 1.77. The van der Waals surface area contributed by atoms with Crippen LogP contribution in [-0.4, -0.2) is 106 Å². The van der Waals surface area contributed by atoms with Crippen molar-refractivity contribution in [2.45, 2.75) is 76.1 Å². The number of fused-ring (bicyclic) bond motifs is 4. The Kier molecular flexibility index (Phi) is 11.2. The molecule has 1 aromatic heterocycles. The van der Waals surface area contributed by atoms with Gasteiger partial charge >= 0.3 is 0 Å². The number of carbonyl (C=O) groups excluding carboxylic acids is 5. The molecule has 1 aliphatic carbocycles. The second-order valence-corrected chi connectivity index (χ2v) is 14.3. The van der Waals surface area contributed by atoms with Crippen LogP contribution >= 0.6 is 0 Å². The van der Waals surface area contributed by atoms with Crippen molar-refractivity contribution in [3.63, 3.8) is 0 Å². The zero-order valence-electron chi connectivity index (χ0n) is 29.6. The number of rotatable bonds is 7. The quantitative estimate of drug-likeness (QED) is 0.283. The first kappa shape index (κ1) is 36.5. The Morgan fingerprint density at radius 1 is 0.962 bits per heavy atom. The highest BCUT2D eigenvalue weighted by atomic mass is 16.5. The Morgan fingerprint density at radius 2 is 1.73 bits per heavy atom. The van der Waals surface area contributed by atoms with Crippen molar-refractivity contribution < 1.29 is 38.2 Å². The van der Waals surface area contributed by atoms with Crippen LogP contribution in [0.2, 0.25) is 0 Å². The van der Waals surface area contributed by atoms with E-state index in [1.54, 1.807) is 23.1 Å². The summed E-state index contributed by atoms with van der Waals surface area (Å²) in [4.78, 5) is 75.8. The van der Waals surface area contributed by atoms with E-state index >= 15 is 0 Å². The van der Waals surface area contributed by atoms with Gasteiger partial charge in [-0.25, -0.2) is 4.98 Å². The number of oxazole rings is 1. The van der Waals surface area contributed by atoms with E-state index in [1.807, 2.05) is 50.2 Å². The van der Waals surface area contributed by atoms with Crippen molar-refractivity contribution in [3.05, 3.63) is 83.6 Å². The molecule has 52 heavy (non-hydrogen) atoms. The molecule has 6 rings (SSSR count). The fourth-order valence-corrected chi connectivity index (χ4v) is 6.81. The van der Waals surface area contributed by atoms with E-state index in [9.17, 15) is 29.1 Å². The summed E-state index contributed by atoms with van der Waals surface area (Å²) >= 11 is 0. The summed E-state index contributed by atoms with van der Waals surface area (Å²) < 4.78 is 11.4. The number of likely N-dealkylation sites (tertiary alicyclic amines) is 1. The lowest BCUT2D eigenvalue weighted by atomic mass is 9.93. The zero-order chi connectivity index (χ0) is 36.9. The zero-order valence-corrected chi connectivity index (χ0v) is 29.6. The van der Waals surface area contributed by atoms with Gasteiger partial charge in [-0.2, -0.15) is 0 Å². The first-order valence-corrected chi connectivity index (χ1v) is 17.8. The van der Waals surface area contributed by atoms with E-state index in [0.717, 1.165) is 24.0 Å². The van der Waals surface area contributed by atoms with Gasteiger partial charge < -0.3 is 40.0 Å². The minimum atomic E-state index is -1.32. The van der Waals surface area contributed by atoms with Gasteiger partial charge in [-0.3, -0.25) is 24.0 Å². The summed E-state index contributed by atoms with van der Waals surface area (Å²) in [6.45, 7) is 5.06. The number of aliphatic hydroxyl groups is 1. The van der Waals surface area contributed by atoms with E-state index in [4.69, 9.17) is 9.15 Å². The summed E-state index contributed by atoms with van der Waals surface area (Å²) in [6, 6.07) is 13.4. The second kappa shape index (κ2) is 16.0. The number of amides is 5. The number of carbonyl (C=O) groups is 5. The van der Waals surface area contributed by atoms with Crippen LogP contribution in [0.1, 0.15) is 72.8 Å². The molecule has 3 heterocycles. The van der Waals surface area contributed by atoms with Crippen LogP contribution in [-0.2, 0) is 25.6 Å². The van der Waals surface area contributed by atoms with Crippen LogP contribution in [0.5, 0.6) is 5.75 Å². The summed E-state index contributed by atoms with van der Waals surface area (Å²) in [5.74, 6) is -2.02. The van der Waals surface area contributed by atoms with Gasteiger partial charge in [-0.1, -0.05) is 56.3 Å². The van der Waals surface area contributed by atoms with Crippen LogP contribution in [0.3, 0.4) is 0 Å². The topological polar surface area (TPSA) is 183 Å². The lowest BCUT2D eigenvalue weighted by Crippen LogP contribution is -2.58. The second-order valence-electron chi connectivity index (χ2n) is 14.3. The van der Waals surface area contributed by atoms with Crippen LogP contribution in [0.15, 0.2) is 65.4 Å². The molecule has 4 N–H and O–H groups in total. The van der Waals surface area contributed by atoms with Crippen LogP contribution in [0.25, 0.3) is 0 Å². The molecule has 2 fully saturated rings. The molecule has 0 spiro atoms. The van der Waals surface area contributed by atoms with E-state index in [2.05, 4.69) is 20.9 Å². The molecular formula is C38H46N6O8. The molecule has 5 amide bonds. The third-order valence-corrected chi connectivity index (χ3v) is 9.73. The number of aromatic nitrogens is 1. The van der Waals surface area contributed by atoms with Gasteiger partial charge in [0.2, 0.25) is 17.7 Å². The summed E-state index contributed by atoms with van der Waals surface area (Å²) in [7, 11) is 0. The molecule has 2 bridgehead atoms. The monoisotopic (exact) mass is 714 g/mol. The summed E-state index contributed by atoms with van der Waals surface area (Å²) in [6.07, 6.45) is 1.94.